The van der Waals surface area contributed by atoms with E-state index >= 15 is 0 Å². The summed E-state index contributed by atoms with van der Waals surface area (Å²) in [5.41, 5.74) is 1.40. The number of hydrogen-bond acceptors (Lipinski definition) is 2. The molecule has 1 heterocycles. The summed E-state index contributed by atoms with van der Waals surface area (Å²) in [4.78, 5) is 15.3. The van der Waals surface area contributed by atoms with Crippen molar-refractivity contribution in [1.29, 1.82) is 0 Å². The first-order chi connectivity index (χ1) is 8.26. The Labute approximate surface area is 105 Å². The Hall–Kier alpha value is -1.61. The summed E-state index contributed by atoms with van der Waals surface area (Å²) in [5.74, 6) is 0.956. The Morgan fingerprint density at radius 3 is 3.00 bits per heavy atom. The van der Waals surface area contributed by atoms with Crippen LogP contribution in [-0.4, -0.2) is 15.8 Å². The average Bonchev–Trinajstić information content (AvgIpc) is 2.77. The largest absolute Gasteiger partial charge is 0.303 e. The predicted octanol–water partition coefficient (Wildman–Crippen LogP) is 3.29. The van der Waals surface area contributed by atoms with E-state index < -0.39 is 0 Å². The van der Waals surface area contributed by atoms with Gasteiger partial charge in [0.05, 0.1) is 5.69 Å². The first kappa shape index (κ1) is 11.9. The second kappa shape index (κ2) is 5.15. The molecule has 0 saturated heterocycles. The highest BCUT2D eigenvalue weighted by molar-refractivity contribution is 6.30. The zero-order chi connectivity index (χ0) is 12.3. The van der Waals surface area contributed by atoms with Crippen LogP contribution < -0.4 is 0 Å². The van der Waals surface area contributed by atoms with Crippen LogP contribution in [0, 0.1) is 0 Å². The van der Waals surface area contributed by atoms with E-state index in [-0.39, 0.29) is 0 Å². The van der Waals surface area contributed by atoms with Gasteiger partial charge in [-0.15, -0.1) is 0 Å². The SMILES string of the molecule is CCCc1nccn1-c1ccc(Cl)cc1C=O. The molecule has 3 nitrogen and oxygen atoms in total. The van der Waals surface area contributed by atoms with Crippen LogP contribution in [0.4, 0.5) is 0 Å². The molecular weight excluding hydrogens is 236 g/mol. The highest BCUT2D eigenvalue weighted by Gasteiger charge is 2.08. The van der Waals surface area contributed by atoms with Crippen LogP contribution in [0.3, 0.4) is 0 Å². The second-order valence-corrected chi connectivity index (χ2v) is 4.22. The molecule has 0 radical (unpaired) electrons. The summed E-state index contributed by atoms with van der Waals surface area (Å²) in [6.45, 7) is 2.10. The number of benzene rings is 1. The van der Waals surface area contributed by atoms with E-state index in [0.717, 1.165) is 30.6 Å². The monoisotopic (exact) mass is 248 g/mol. The normalized spacial score (nSPS) is 10.5. The second-order valence-electron chi connectivity index (χ2n) is 3.78. The quantitative estimate of drug-likeness (QED) is 0.779. The molecule has 0 N–H and O–H groups in total. The average molecular weight is 249 g/mol. The van der Waals surface area contributed by atoms with E-state index in [2.05, 4.69) is 11.9 Å². The van der Waals surface area contributed by atoms with E-state index in [4.69, 9.17) is 11.6 Å². The molecule has 17 heavy (non-hydrogen) atoms. The molecule has 0 saturated carbocycles. The van der Waals surface area contributed by atoms with Crippen LogP contribution in [0.1, 0.15) is 29.5 Å². The van der Waals surface area contributed by atoms with Crippen molar-refractivity contribution < 1.29 is 4.79 Å². The maximum atomic E-state index is 11.1. The smallest absolute Gasteiger partial charge is 0.152 e. The molecule has 0 atom stereocenters. The van der Waals surface area contributed by atoms with Gasteiger partial charge in [-0.3, -0.25) is 4.79 Å². The third-order valence-electron chi connectivity index (χ3n) is 2.57. The van der Waals surface area contributed by atoms with Crippen molar-refractivity contribution in [2.24, 2.45) is 0 Å². The van der Waals surface area contributed by atoms with E-state index in [1.165, 1.54) is 0 Å². The van der Waals surface area contributed by atoms with E-state index in [1.54, 1.807) is 18.3 Å². The summed E-state index contributed by atoms with van der Waals surface area (Å²) < 4.78 is 1.93. The molecule has 1 aromatic carbocycles. The van der Waals surface area contributed by atoms with Crippen LogP contribution in [0.2, 0.25) is 5.02 Å². The molecule has 0 spiro atoms. The Kier molecular flexibility index (Phi) is 3.59. The highest BCUT2D eigenvalue weighted by atomic mass is 35.5. The van der Waals surface area contributed by atoms with E-state index in [1.807, 2.05) is 16.8 Å². The third-order valence-corrected chi connectivity index (χ3v) is 2.80. The minimum absolute atomic E-state index is 0.563. The van der Waals surface area contributed by atoms with Gasteiger partial charge in [0.25, 0.3) is 0 Å². The number of imidazole rings is 1. The van der Waals surface area contributed by atoms with Gasteiger partial charge in [-0.2, -0.15) is 0 Å². The van der Waals surface area contributed by atoms with Crippen molar-refractivity contribution in [2.75, 3.05) is 0 Å². The van der Waals surface area contributed by atoms with Gasteiger partial charge >= 0.3 is 0 Å². The molecule has 0 unspecified atom stereocenters. The zero-order valence-corrected chi connectivity index (χ0v) is 10.3. The van der Waals surface area contributed by atoms with Crippen LogP contribution in [-0.2, 0) is 6.42 Å². The van der Waals surface area contributed by atoms with Gasteiger partial charge in [0.2, 0.25) is 0 Å². The topological polar surface area (TPSA) is 34.9 Å². The van der Waals surface area contributed by atoms with Crippen LogP contribution >= 0.6 is 11.6 Å². The van der Waals surface area contributed by atoms with Crippen LogP contribution in [0.25, 0.3) is 5.69 Å². The lowest BCUT2D eigenvalue weighted by Gasteiger charge is -2.09. The third kappa shape index (κ3) is 2.39. The zero-order valence-electron chi connectivity index (χ0n) is 9.56. The highest BCUT2D eigenvalue weighted by Crippen LogP contribution is 2.20. The molecule has 0 fully saturated rings. The minimum Gasteiger partial charge on any atom is -0.303 e. The molecule has 0 bridgehead atoms. The lowest BCUT2D eigenvalue weighted by molar-refractivity contribution is 0.112. The Balaban J connectivity index is 2.52. The number of carbonyl (C=O) groups is 1. The van der Waals surface area contributed by atoms with Crippen LogP contribution in [0.5, 0.6) is 0 Å². The Morgan fingerprint density at radius 2 is 2.29 bits per heavy atom. The van der Waals surface area contributed by atoms with E-state index in [9.17, 15) is 4.79 Å². The standard InChI is InChI=1S/C13H13ClN2O/c1-2-3-13-15-6-7-16(13)12-5-4-11(14)8-10(12)9-17/h4-9H,2-3H2,1H3. The first-order valence-electron chi connectivity index (χ1n) is 5.53. The van der Waals surface area contributed by atoms with Gasteiger partial charge in [-0.05, 0) is 24.6 Å². The van der Waals surface area contributed by atoms with Crippen molar-refractivity contribution in [1.82, 2.24) is 9.55 Å². The summed E-state index contributed by atoms with van der Waals surface area (Å²) in [7, 11) is 0. The van der Waals surface area contributed by atoms with Gasteiger partial charge in [0, 0.05) is 29.4 Å². The lowest BCUT2D eigenvalue weighted by atomic mass is 10.2. The number of aldehydes is 1. The van der Waals surface area contributed by atoms with Crippen molar-refractivity contribution in [3.8, 4) is 5.69 Å². The molecule has 4 heteroatoms. The molecule has 2 rings (SSSR count). The number of hydrogen-bond donors (Lipinski definition) is 0. The van der Waals surface area contributed by atoms with Gasteiger partial charge in [0.15, 0.2) is 6.29 Å². The number of aromatic nitrogens is 2. The minimum atomic E-state index is 0.563. The number of rotatable bonds is 4. The number of aryl methyl sites for hydroxylation is 1. The summed E-state index contributed by atoms with van der Waals surface area (Å²) in [5, 5.41) is 0.563. The molecule has 0 aliphatic heterocycles. The fourth-order valence-electron chi connectivity index (χ4n) is 1.80. The fourth-order valence-corrected chi connectivity index (χ4v) is 1.98. The molecule has 0 aliphatic carbocycles. The van der Waals surface area contributed by atoms with Crippen molar-refractivity contribution in [3.63, 3.8) is 0 Å². The predicted molar refractivity (Wildman–Crippen MR) is 68.0 cm³/mol. The molecule has 88 valence electrons. The van der Waals surface area contributed by atoms with Gasteiger partial charge in [-0.25, -0.2) is 4.98 Å². The summed E-state index contributed by atoms with van der Waals surface area (Å²) in [6, 6.07) is 5.28. The van der Waals surface area contributed by atoms with Gasteiger partial charge in [-0.1, -0.05) is 18.5 Å². The van der Waals surface area contributed by atoms with Crippen molar-refractivity contribution in [3.05, 3.63) is 47.0 Å². The number of nitrogens with zero attached hydrogens (tertiary/aromatic N) is 2. The molecule has 2 aromatic rings. The van der Waals surface area contributed by atoms with Crippen LogP contribution in [0.15, 0.2) is 30.6 Å². The molecule has 0 aliphatic rings. The summed E-state index contributed by atoms with van der Waals surface area (Å²) in [6.07, 6.45) is 6.32. The Bertz CT molecular complexity index is 534. The van der Waals surface area contributed by atoms with Gasteiger partial charge in [0.1, 0.15) is 5.82 Å². The van der Waals surface area contributed by atoms with Crippen molar-refractivity contribution in [2.45, 2.75) is 19.8 Å². The fraction of sp³-hybridized carbons (Fsp3) is 0.231. The maximum Gasteiger partial charge on any atom is 0.152 e. The van der Waals surface area contributed by atoms with Gasteiger partial charge < -0.3 is 4.57 Å². The maximum absolute atomic E-state index is 11.1. The summed E-state index contributed by atoms with van der Waals surface area (Å²) >= 11 is 5.87. The van der Waals surface area contributed by atoms with Crippen molar-refractivity contribution >= 4 is 17.9 Å². The first-order valence-corrected chi connectivity index (χ1v) is 5.91. The molecule has 1 aromatic heterocycles. The number of carbonyl (C=O) groups excluding carboxylic acids is 1. The number of halogens is 1. The Morgan fingerprint density at radius 1 is 1.47 bits per heavy atom. The van der Waals surface area contributed by atoms with E-state index in [0.29, 0.717) is 10.6 Å². The lowest BCUT2D eigenvalue weighted by Crippen LogP contribution is -2.03. The molecular formula is C13H13ClN2O. The molecule has 0 amide bonds.